The van der Waals surface area contributed by atoms with E-state index in [1.165, 1.54) is 52.0 Å². The first-order valence-electron chi connectivity index (χ1n) is 7.43. The summed E-state index contributed by atoms with van der Waals surface area (Å²) in [5.74, 6) is 0. The van der Waals surface area contributed by atoms with Crippen molar-refractivity contribution in [3.05, 3.63) is 0 Å². The molecule has 0 aromatic heterocycles. The van der Waals surface area contributed by atoms with Crippen molar-refractivity contribution in [2.45, 2.75) is 31.7 Å². The van der Waals surface area contributed by atoms with Crippen molar-refractivity contribution in [1.29, 1.82) is 0 Å². The number of fused-ring (bicyclic) bond motifs is 1. The van der Waals surface area contributed by atoms with Gasteiger partial charge in [-0.1, -0.05) is 6.42 Å². The number of rotatable bonds is 7. The van der Waals surface area contributed by atoms with Crippen LogP contribution in [0, 0.1) is 0 Å². The third-order valence-electron chi connectivity index (χ3n) is 4.12. The van der Waals surface area contributed by atoms with Crippen LogP contribution < -0.4 is 0 Å². The van der Waals surface area contributed by atoms with Crippen molar-refractivity contribution >= 4 is 0 Å². The van der Waals surface area contributed by atoms with E-state index in [1.807, 2.05) is 0 Å². The van der Waals surface area contributed by atoms with Gasteiger partial charge in [0.15, 0.2) is 0 Å². The molecule has 4 nitrogen and oxygen atoms in total. The molecule has 106 valence electrons. The number of hydrogen-bond donors (Lipinski definition) is 0. The minimum absolute atomic E-state index is 0.709. The predicted molar refractivity (Wildman–Crippen MR) is 73.0 cm³/mol. The SMILES string of the molecule is COCCOCCCN1CCN2CCCCC2C1. The molecule has 0 bridgehead atoms. The Balaban J connectivity index is 1.54. The fourth-order valence-electron chi connectivity index (χ4n) is 3.06. The zero-order chi connectivity index (χ0) is 12.6. The van der Waals surface area contributed by atoms with Crippen molar-refractivity contribution in [3.8, 4) is 0 Å². The van der Waals surface area contributed by atoms with Crippen LogP contribution in [0.2, 0.25) is 0 Å². The summed E-state index contributed by atoms with van der Waals surface area (Å²) in [5, 5.41) is 0. The van der Waals surface area contributed by atoms with E-state index < -0.39 is 0 Å². The lowest BCUT2D eigenvalue weighted by molar-refractivity contribution is 0.0365. The molecule has 0 spiro atoms. The van der Waals surface area contributed by atoms with E-state index in [0.29, 0.717) is 6.61 Å². The molecule has 0 aromatic carbocycles. The number of hydrogen-bond acceptors (Lipinski definition) is 4. The first-order valence-corrected chi connectivity index (χ1v) is 7.43. The lowest BCUT2D eigenvalue weighted by atomic mass is 9.99. The molecule has 4 heteroatoms. The largest absolute Gasteiger partial charge is 0.382 e. The Morgan fingerprint density at radius 1 is 1.06 bits per heavy atom. The van der Waals surface area contributed by atoms with Gasteiger partial charge in [-0.3, -0.25) is 4.90 Å². The predicted octanol–water partition coefficient (Wildman–Crippen LogP) is 1.21. The average molecular weight is 256 g/mol. The van der Waals surface area contributed by atoms with Crippen LogP contribution in [-0.4, -0.2) is 75.5 Å². The Labute approximate surface area is 111 Å². The molecule has 2 aliphatic heterocycles. The van der Waals surface area contributed by atoms with Gasteiger partial charge < -0.3 is 14.4 Å². The second-order valence-electron chi connectivity index (χ2n) is 5.44. The van der Waals surface area contributed by atoms with Gasteiger partial charge in [-0.25, -0.2) is 0 Å². The second-order valence-corrected chi connectivity index (χ2v) is 5.44. The van der Waals surface area contributed by atoms with Gasteiger partial charge in [0, 0.05) is 45.9 Å². The molecule has 0 N–H and O–H groups in total. The maximum atomic E-state index is 5.51. The maximum Gasteiger partial charge on any atom is 0.0700 e. The van der Waals surface area contributed by atoms with E-state index in [9.17, 15) is 0 Å². The zero-order valence-corrected chi connectivity index (χ0v) is 11.8. The van der Waals surface area contributed by atoms with E-state index in [2.05, 4.69) is 9.80 Å². The number of ether oxygens (including phenoxy) is 2. The molecular formula is C14H28N2O2. The molecule has 0 aromatic rings. The summed E-state index contributed by atoms with van der Waals surface area (Å²) in [6.45, 7) is 8.62. The Morgan fingerprint density at radius 3 is 2.89 bits per heavy atom. The summed E-state index contributed by atoms with van der Waals surface area (Å²) < 4.78 is 10.5. The lowest BCUT2D eigenvalue weighted by Gasteiger charge is -2.44. The van der Waals surface area contributed by atoms with Crippen molar-refractivity contribution < 1.29 is 9.47 Å². The molecule has 2 fully saturated rings. The third-order valence-corrected chi connectivity index (χ3v) is 4.12. The van der Waals surface area contributed by atoms with Crippen LogP contribution in [0.15, 0.2) is 0 Å². The minimum atomic E-state index is 0.709. The fourth-order valence-corrected chi connectivity index (χ4v) is 3.06. The Kier molecular flexibility index (Phi) is 6.41. The Hall–Kier alpha value is -0.160. The molecule has 0 aliphatic carbocycles. The molecule has 2 aliphatic rings. The molecular weight excluding hydrogens is 228 g/mol. The van der Waals surface area contributed by atoms with Crippen LogP contribution in [0.3, 0.4) is 0 Å². The van der Waals surface area contributed by atoms with Crippen molar-refractivity contribution in [1.82, 2.24) is 9.80 Å². The molecule has 0 saturated carbocycles. The minimum Gasteiger partial charge on any atom is -0.382 e. The van der Waals surface area contributed by atoms with E-state index >= 15 is 0 Å². The van der Waals surface area contributed by atoms with Crippen molar-refractivity contribution in [2.75, 3.05) is 59.7 Å². The highest BCUT2D eigenvalue weighted by Gasteiger charge is 2.28. The van der Waals surface area contributed by atoms with Gasteiger partial charge in [-0.05, 0) is 25.8 Å². The van der Waals surface area contributed by atoms with Crippen molar-refractivity contribution in [3.63, 3.8) is 0 Å². The van der Waals surface area contributed by atoms with Gasteiger partial charge in [0.25, 0.3) is 0 Å². The first kappa shape index (κ1) is 14.3. The van der Waals surface area contributed by atoms with Crippen LogP contribution in [-0.2, 0) is 9.47 Å². The molecule has 2 saturated heterocycles. The van der Waals surface area contributed by atoms with Gasteiger partial charge in [0.2, 0.25) is 0 Å². The second kappa shape index (κ2) is 8.10. The highest BCUT2D eigenvalue weighted by atomic mass is 16.5. The third kappa shape index (κ3) is 4.50. The zero-order valence-electron chi connectivity index (χ0n) is 11.8. The van der Waals surface area contributed by atoms with Gasteiger partial charge in [0.05, 0.1) is 13.2 Å². The van der Waals surface area contributed by atoms with Crippen LogP contribution >= 0.6 is 0 Å². The Morgan fingerprint density at radius 2 is 2.00 bits per heavy atom. The summed E-state index contributed by atoms with van der Waals surface area (Å²) >= 11 is 0. The average Bonchev–Trinajstić information content (AvgIpc) is 2.42. The van der Waals surface area contributed by atoms with E-state index in [4.69, 9.17) is 9.47 Å². The molecule has 1 atom stereocenters. The fraction of sp³-hybridized carbons (Fsp3) is 1.00. The number of methoxy groups -OCH3 is 1. The van der Waals surface area contributed by atoms with Gasteiger partial charge >= 0.3 is 0 Å². The van der Waals surface area contributed by atoms with Gasteiger partial charge in [-0.2, -0.15) is 0 Å². The smallest absolute Gasteiger partial charge is 0.0700 e. The summed E-state index contributed by atoms with van der Waals surface area (Å²) in [5.41, 5.74) is 0. The van der Waals surface area contributed by atoms with E-state index in [-0.39, 0.29) is 0 Å². The first-order chi connectivity index (χ1) is 8.90. The molecule has 2 rings (SSSR count). The summed E-state index contributed by atoms with van der Waals surface area (Å²) in [7, 11) is 1.72. The van der Waals surface area contributed by atoms with Crippen LogP contribution in [0.1, 0.15) is 25.7 Å². The molecule has 0 amide bonds. The molecule has 18 heavy (non-hydrogen) atoms. The normalized spacial score (nSPS) is 26.2. The highest BCUT2D eigenvalue weighted by Crippen LogP contribution is 2.20. The maximum absolute atomic E-state index is 5.51. The lowest BCUT2D eigenvalue weighted by Crippen LogP contribution is -2.54. The topological polar surface area (TPSA) is 24.9 Å². The summed E-state index contributed by atoms with van der Waals surface area (Å²) in [4.78, 5) is 5.31. The highest BCUT2D eigenvalue weighted by molar-refractivity contribution is 4.84. The number of nitrogens with zero attached hydrogens (tertiary/aromatic N) is 2. The molecule has 2 heterocycles. The van der Waals surface area contributed by atoms with Crippen molar-refractivity contribution in [2.24, 2.45) is 0 Å². The van der Waals surface area contributed by atoms with Gasteiger partial charge in [0.1, 0.15) is 0 Å². The van der Waals surface area contributed by atoms with Crippen LogP contribution in [0.5, 0.6) is 0 Å². The van der Waals surface area contributed by atoms with Gasteiger partial charge in [-0.15, -0.1) is 0 Å². The van der Waals surface area contributed by atoms with E-state index in [0.717, 1.165) is 25.7 Å². The monoisotopic (exact) mass is 256 g/mol. The molecule has 0 radical (unpaired) electrons. The van der Waals surface area contributed by atoms with Crippen LogP contribution in [0.25, 0.3) is 0 Å². The number of piperazine rings is 1. The van der Waals surface area contributed by atoms with Crippen LogP contribution in [0.4, 0.5) is 0 Å². The van der Waals surface area contributed by atoms with E-state index in [1.54, 1.807) is 7.11 Å². The Bertz CT molecular complexity index is 226. The summed E-state index contributed by atoms with van der Waals surface area (Å²) in [6, 6.07) is 0.835. The standard InChI is InChI=1S/C14H28N2O2/c1-17-11-12-18-10-4-6-15-8-9-16-7-3-2-5-14(16)13-15/h14H,2-13H2,1H3. The quantitative estimate of drug-likeness (QED) is 0.639. The number of piperidine rings is 1. The molecule has 1 unspecified atom stereocenters. The summed E-state index contributed by atoms with van der Waals surface area (Å²) in [6.07, 6.45) is 5.39.